The fourth-order valence-corrected chi connectivity index (χ4v) is 4.96. The van der Waals surface area contributed by atoms with Crippen LogP contribution in [0.1, 0.15) is 52.6 Å². The summed E-state index contributed by atoms with van der Waals surface area (Å²) in [5.41, 5.74) is 6.03. The molecule has 1 saturated carbocycles. The molecule has 176 valence electrons. The van der Waals surface area contributed by atoms with Gasteiger partial charge in [-0.15, -0.1) is 0 Å². The Balaban J connectivity index is 1.40. The Morgan fingerprint density at radius 2 is 1.91 bits per heavy atom. The number of hydrogen-bond acceptors (Lipinski definition) is 5. The minimum Gasteiger partial charge on any atom is -0.493 e. The molecule has 1 aromatic carbocycles. The predicted molar refractivity (Wildman–Crippen MR) is 131 cm³/mol. The minimum atomic E-state index is -0.0290. The van der Waals surface area contributed by atoms with Crippen LogP contribution in [-0.4, -0.2) is 48.9 Å². The lowest BCUT2D eigenvalue weighted by Crippen LogP contribution is -2.38. The monoisotopic (exact) mass is 458 g/mol. The van der Waals surface area contributed by atoms with Crippen LogP contribution in [0.3, 0.4) is 0 Å². The smallest absolute Gasteiger partial charge is 0.254 e. The second-order valence-corrected chi connectivity index (χ2v) is 9.39. The van der Waals surface area contributed by atoms with Crippen molar-refractivity contribution in [2.24, 2.45) is 11.8 Å². The Labute approximate surface area is 200 Å². The number of pyridine rings is 1. The van der Waals surface area contributed by atoms with Crippen LogP contribution in [0.4, 0.5) is 0 Å². The molecule has 6 nitrogen and oxygen atoms in total. The lowest BCUT2D eigenvalue weighted by Gasteiger charge is -2.32. The summed E-state index contributed by atoms with van der Waals surface area (Å²) in [5.74, 6) is 1.82. The molecular formula is C28H30N2O4. The first-order chi connectivity index (χ1) is 16.5. The van der Waals surface area contributed by atoms with E-state index in [0.29, 0.717) is 42.4 Å². The van der Waals surface area contributed by atoms with Crippen LogP contribution < -0.4 is 9.47 Å². The fraction of sp³-hybridized carbons (Fsp3) is 0.393. The van der Waals surface area contributed by atoms with E-state index in [0.717, 1.165) is 41.8 Å². The summed E-state index contributed by atoms with van der Waals surface area (Å²) in [6.07, 6.45) is 9.68. The van der Waals surface area contributed by atoms with Crippen molar-refractivity contribution in [1.29, 1.82) is 0 Å². The van der Waals surface area contributed by atoms with Crippen molar-refractivity contribution in [3.8, 4) is 11.5 Å². The van der Waals surface area contributed by atoms with Crippen LogP contribution in [0.5, 0.6) is 11.5 Å². The van der Waals surface area contributed by atoms with Gasteiger partial charge in [-0.25, -0.2) is 0 Å². The number of carbonyl (C=O) groups excluding carboxylic acids is 2. The Kier molecular flexibility index (Phi) is 5.98. The SMILES string of the molecule is COc1ccc(C(=O)N2CC=C(c3cc(CC(=O)C4CC4)nc4c3C=CC4)C(C)C2)cc1OC. The Morgan fingerprint density at radius 3 is 2.62 bits per heavy atom. The summed E-state index contributed by atoms with van der Waals surface area (Å²) in [5, 5.41) is 0. The van der Waals surface area contributed by atoms with Crippen molar-refractivity contribution in [3.05, 3.63) is 64.5 Å². The van der Waals surface area contributed by atoms with Crippen molar-refractivity contribution in [2.45, 2.75) is 32.6 Å². The van der Waals surface area contributed by atoms with Crippen LogP contribution >= 0.6 is 0 Å². The van der Waals surface area contributed by atoms with Crippen molar-refractivity contribution < 1.29 is 19.1 Å². The maximum atomic E-state index is 13.2. The minimum absolute atomic E-state index is 0.0290. The Hall–Kier alpha value is -3.41. The molecule has 0 spiro atoms. The van der Waals surface area contributed by atoms with E-state index in [1.165, 1.54) is 5.57 Å². The van der Waals surface area contributed by atoms with Gasteiger partial charge in [0.2, 0.25) is 0 Å². The number of amides is 1. The number of Topliss-reactive ketones (excluding diaryl/α,β-unsaturated/α-hetero) is 1. The molecule has 1 aromatic heterocycles. The summed E-state index contributed by atoms with van der Waals surface area (Å²) in [7, 11) is 3.15. The van der Waals surface area contributed by atoms with Gasteiger partial charge in [-0.2, -0.15) is 0 Å². The molecule has 0 radical (unpaired) electrons. The molecule has 2 aromatic rings. The average molecular weight is 459 g/mol. The number of fused-ring (bicyclic) bond motifs is 1. The van der Waals surface area contributed by atoms with Crippen LogP contribution in [0.2, 0.25) is 0 Å². The molecule has 2 heterocycles. The van der Waals surface area contributed by atoms with Crippen LogP contribution in [0.15, 0.2) is 36.4 Å². The third-order valence-corrected chi connectivity index (χ3v) is 6.96. The second kappa shape index (κ2) is 9.09. The molecule has 0 bridgehead atoms. The number of methoxy groups -OCH3 is 2. The Bertz CT molecular complexity index is 1210. The number of nitrogens with zero attached hydrogens (tertiary/aromatic N) is 2. The van der Waals surface area contributed by atoms with E-state index in [1.54, 1.807) is 32.4 Å². The van der Waals surface area contributed by atoms with Gasteiger partial charge in [0.15, 0.2) is 11.5 Å². The highest BCUT2D eigenvalue weighted by Crippen LogP contribution is 2.36. The van der Waals surface area contributed by atoms with Crippen molar-refractivity contribution in [2.75, 3.05) is 27.3 Å². The molecule has 2 aliphatic carbocycles. The number of ether oxygens (including phenoxy) is 2. The van der Waals surface area contributed by atoms with Crippen molar-refractivity contribution in [3.63, 3.8) is 0 Å². The first kappa shape index (κ1) is 22.4. The Morgan fingerprint density at radius 1 is 1.12 bits per heavy atom. The van der Waals surface area contributed by atoms with E-state index in [9.17, 15) is 9.59 Å². The standard InChI is InChI=1S/C28H30N2O4/c1-17-16-30(28(32)19-9-10-26(33-2)27(13-19)34-3)12-11-21(17)23-14-20(15-25(31)18-7-8-18)29-24-6-4-5-22(23)24/h4-5,9-11,13-14,17-18H,6-8,12,15-16H2,1-3H3. The molecule has 3 aliphatic rings. The molecular weight excluding hydrogens is 428 g/mol. The number of benzene rings is 1. The number of allylic oxidation sites excluding steroid dienone is 1. The van der Waals surface area contributed by atoms with Gasteiger partial charge in [-0.1, -0.05) is 25.2 Å². The van der Waals surface area contributed by atoms with Gasteiger partial charge in [-0.3, -0.25) is 14.6 Å². The van der Waals surface area contributed by atoms with E-state index in [4.69, 9.17) is 14.5 Å². The zero-order valence-electron chi connectivity index (χ0n) is 20.0. The van der Waals surface area contributed by atoms with Gasteiger partial charge in [0, 0.05) is 48.7 Å². The van der Waals surface area contributed by atoms with Gasteiger partial charge < -0.3 is 14.4 Å². The second-order valence-electron chi connectivity index (χ2n) is 9.39. The molecule has 1 aliphatic heterocycles. The quantitative estimate of drug-likeness (QED) is 0.617. The van der Waals surface area contributed by atoms with Gasteiger partial charge in [0.25, 0.3) is 5.91 Å². The van der Waals surface area contributed by atoms with E-state index in [1.807, 2.05) is 4.90 Å². The van der Waals surface area contributed by atoms with Crippen LogP contribution in [-0.2, 0) is 17.6 Å². The molecule has 1 fully saturated rings. The number of hydrogen-bond donors (Lipinski definition) is 0. The molecule has 0 N–H and O–H groups in total. The van der Waals surface area contributed by atoms with Gasteiger partial charge in [-0.05, 0) is 54.2 Å². The highest BCUT2D eigenvalue weighted by atomic mass is 16.5. The van der Waals surface area contributed by atoms with E-state index >= 15 is 0 Å². The summed E-state index contributed by atoms with van der Waals surface area (Å²) in [6.45, 7) is 3.31. The predicted octanol–water partition coefficient (Wildman–Crippen LogP) is 4.37. The first-order valence-corrected chi connectivity index (χ1v) is 11.9. The van der Waals surface area contributed by atoms with Gasteiger partial charge in [0.05, 0.1) is 19.9 Å². The molecule has 6 heteroatoms. The van der Waals surface area contributed by atoms with E-state index < -0.39 is 0 Å². The molecule has 0 saturated heterocycles. The number of carbonyl (C=O) groups is 2. The van der Waals surface area contributed by atoms with Gasteiger partial charge >= 0.3 is 0 Å². The highest BCUT2D eigenvalue weighted by molar-refractivity contribution is 5.95. The van der Waals surface area contributed by atoms with Crippen LogP contribution in [0.25, 0.3) is 11.6 Å². The summed E-state index contributed by atoms with van der Waals surface area (Å²) >= 11 is 0. The summed E-state index contributed by atoms with van der Waals surface area (Å²) in [6, 6.07) is 7.37. The number of rotatable bonds is 7. The lowest BCUT2D eigenvalue weighted by atomic mass is 9.87. The molecule has 1 unspecified atom stereocenters. The summed E-state index contributed by atoms with van der Waals surface area (Å²) < 4.78 is 10.7. The number of ketones is 1. The van der Waals surface area contributed by atoms with Crippen molar-refractivity contribution in [1.82, 2.24) is 9.88 Å². The third kappa shape index (κ3) is 4.25. The van der Waals surface area contributed by atoms with Gasteiger partial charge in [0.1, 0.15) is 5.78 Å². The van der Waals surface area contributed by atoms with Crippen molar-refractivity contribution >= 4 is 23.3 Å². The molecule has 34 heavy (non-hydrogen) atoms. The highest BCUT2D eigenvalue weighted by Gasteiger charge is 2.31. The largest absolute Gasteiger partial charge is 0.493 e. The van der Waals surface area contributed by atoms with E-state index in [-0.39, 0.29) is 17.7 Å². The molecule has 5 rings (SSSR count). The normalized spacial score (nSPS) is 19.0. The van der Waals surface area contributed by atoms with E-state index in [2.05, 4.69) is 31.2 Å². The maximum absolute atomic E-state index is 13.2. The fourth-order valence-electron chi connectivity index (χ4n) is 4.96. The zero-order chi connectivity index (χ0) is 23.8. The average Bonchev–Trinajstić information content (AvgIpc) is 3.60. The third-order valence-electron chi connectivity index (χ3n) is 6.96. The molecule has 1 amide bonds. The van der Waals surface area contributed by atoms with Crippen LogP contribution in [0, 0.1) is 11.8 Å². The topological polar surface area (TPSA) is 68.7 Å². The zero-order valence-corrected chi connectivity index (χ0v) is 20.0. The molecule has 1 atom stereocenters. The lowest BCUT2D eigenvalue weighted by molar-refractivity contribution is -0.119. The maximum Gasteiger partial charge on any atom is 0.254 e. The first-order valence-electron chi connectivity index (χ1n) is 11.9. The number of aromatic nitrogens is 1. The summed E-state index contributed by atoms with van der Waals surface area (Å²) in [4.78, 5) is 32.3.